The largest absolute Gasteiger partial charge is 0.382 e. The van der Waals surface area contributed by atoms with Crippen molar-refractivity contribution in [1.29, 1.82) is 0 Å². The molecule has 1 aliphatic heterocycles. The van der Waals surface area contributed by atoms with Gasteiger partial charge in [0.25, 0.3) is 5.91 Å². The number of rotatable bonds is 4. The number of benzene rings is 1. The molecule has 0 spiro atoms. The maximum Gasteiger partial charge on any atom is 0.251 e. The van der Waals surface area contributed by atoms with Crippen LogP contribution in [-0.2, 0) is 0 Å². The number of nitrogens with zero attached hydrogens (tertiary/aromatic N) is 3. The second-order valence-corrected chi connectivity index (χ2v) is 6.30. The number of nitrogen functional groups attached to an aromatic ring is 1. The molecule has 2 heterocycles. The topological polar surface area (TPSA) is 84.1 Å². The third kappa shape index (κ3) is 3.76. The molecule has 2 aromatic rings. The molecule has 1 aliphatic rings. The number of nitrogens with two attached hydrogens (primary N) is 1. The smallest absolute Gasteiger partial charge is 0.251 e. The maximum atomic E-state index is 12.2. The lowest BCUT2D eigenvalue weighted by molar-refractivity contribution is 0.0945. The molecule has 24 heavy (non-hydrogen) atoms. The number of hydrogen-bond donors (Lipinski definition) is 2. The van der Waals surface area contributed by atoms with Crippen LogP contribution in [0.4, 0.5) is 11.6 Å². The van der Waals surface area contributed by atoms with Crippen molar-refractivity contribution < 1.29 is 4.79 Å². The molecule has 1 amide bonds. The highest BCUT2D eigenvalue weighted by atomic mass is 35.5. The van der Waals surface area contributed by atoms with Gasteiger partial charge in [-0.1, -0.05) is 29.8 Å². The summed E-state index contributed by atoms with van der Waals surface area (Å²) in [7, 11) is 0. The van der Waals surface area contributed by atoms with Crippen LogP contribution >= 0.6 is 11.6 Å². The van der Waals surface area contributed by atoms with Gasteiger partial charge in [-0.2, -0.15) is 0 Å². The summed E-state index contributed by atoms with van der Waals surface area (Å²) < 4.78 is 0. The first-order valence-corrected chi connectivity index (χ1v) is 8.37. The maximum absolute atomic E-state index is 12.2. The lowest BCUT2D eigenvalue weighted by atomic mass is 9.98. The van der Waals surface area contributed by atoms with E-state index in [1.54, 1.807) is 0 Å². The summed E-state index contributed by atoms with van der Waals surface area (Å²) in [4.78, 5) is 22.4. The van der Waals surface area contributed by atoms with Crippen LogP contribution in [0.1, 0.15) is 23.2 Å². The summed E-state index contributed by atoms with van der Waals surface area (Å²) in [6.45, 7) is 2.28. The van der Waals surface area contributed by atoms with Crippen molar-refractivity contribution in [2.45, 2.75) is 12.8 Å². The van der Waals surface area contributed by atoms with Crippen LogP contribution in [0.2, 0.25) is 5.02 Å². The van der Waals surface area contributed by atoms with Crippen LogP contribution in [-0.4, -0.2) is 35.5 Å². The van der Waals surface area contributed by atoms with E-state index in [1.807, 2.05) is 30.3 Å². The molecule has 1 saturated heterocycles. The molecule has 3 rings (SSSR count). The number of carbonyl (C=O) groups is 1. The fourth-order valence-corrected chi connectivity index (χ4v) is 3.16. The van der Waals surface area contributed by atoms with Crippen molar-refractivity contribution in [3.8, 4) is 0 Å². The molecule has 1 aromatic heterocycles. The molecule has 6 nitrogen and oxygen atoms in total. The number of aromatic nitrogens is 2. The average Bonchev–Trinajstić information content (AvgIpc) is 2.63. The minimum atomic E-state index is -0.0444. The average molecular weight is 346 g/mol. The van der Waals surface area contributed by atoms with Crippen LogP contribution in [0.3, 0.4) is 0 Å². The Morgan fingerprint density at radius 3 is 2.92 bits per heavy atom. The zero-order valence-corrected chi connectivity index (χ0v) is 14.0. The van der Waals surface area contributed by atoms with Gasteiger partial charge in [0.15, 0.2) is 5.82 Å². The molecular formula is C17H20ClN5O. The van der Waals surface area contributed by atoms with Gasteiger partial charge in [-0.15, -0.1) is 0 Å². The van der Waals surface area contributed by atoms with E-state index in [2.05, 4.69) is 20.2 Å². The van der Waals surface area contributed by atoms with Gasteiger partial charge in [-0.3, -0.25) is 4.79 Å². The van der Waals surface area contributed by atoms with Crippen molar-refractivity contribution in [2.75, 3.05) is 30.3 Å². The highest BCUT2D eigenvalue weighted by Crippen LogP contribution is 2.30. The zero-order chi connectivity index (χ0) is 16.9. The summed E-state index contributed by atoms with van der Waals surface area (Å²) in [6, 6.07) is 9.24. The fraction of sp³-hybridized carbons (Fsp3) is 0.353. The quantitative estimate of drug-likeness (QED) is 0.888. The first-order chi connectivity index (χ1) is 11.6. The fourth-order valence-electron chi connectivity index (χ4n) is 2.95. The Morgan fingerprint density at radius 2 is 2.12 bits per heavy atom. The molecular weight excluding hydrogens is 326 g/mol. The Morgan fingerprint density at radius 1 is 1.33 bits per heavy atom. The molecule has 1 unspecified atom stereocenters. The minimum Gasteiger partial charge on any atom is -0.382 e. The van der Waals surface area contributed by atoms with Gasteiger partial charge in [0.1, 0.15) is 17.2 Å². The standard InChI is InChI=1S/C17H20ClN5O/c18-14-15(19)21-11-22-16(14)23-8-4-5-12(10-23)9-20-17(24)13-6-2-1-3-7-13/h1-3,6-7,11-12H,4-5,8-10H2,(H,20,24)(H2,19,21,22). The summed E-state index contributed by atoms with van der Waals surface area (Å²) in [5.74, 6) is 1.26. The Bertz CT molecular complexity index is 709. The lowest BCUT2D eigenvalue weighted by Gasteiger charge is -2.34. The number of hydrogen-bond acceptors (Lipinski definition) is 5. The van der Waals surface area contributed by atoms with Crippen LogP contribution in [0.25, 0.3) is 0 Å². The van der Waals surface area contributed by atoms with E-state index in [0.29, 0.717) is 34.7 Å². The number of anilines is 2. The summed E-state index contributed by atoms with van der Waals surface area (Å²) in [5, 5.41) is 3.41. The lowest BCUT2D eigenvalue weighted by Crippen LogP contribution is -2.41. The van der Waals surface area contributed by atoms with E-state index in [9.17, 15) is 4.79 Å². The molecule has 1 atom stereocenters. The van der Waals surface area contributed by atoms with Gasteiger partial charge in [-0.25, -0.2) is 9.97 Å². The normalized spacial score (nSPS) is 17.5. The molecule has 7 heteroatoms. The van der Waals surface area contributed by atoms with Gasteiger partial charge in [-0.05, 0) is 30.9 Å². The molecule has 126 valence electrons. The van der Waals surface area contributed by atoms with Crippen LogP contribution in [0.15, 0.2) is 36.7 Å². The highest BCUT2D eigenvalue weighted by Gasteiger charge is 2.24. The molecule has 0 bridgehead atoms. The third-order valence-corrected chi connectivity index (χ3v) is 4.57. The molecule has 0 radical (unpaired) electrons. The number of halogens is 1. The van der Waals surface area contributed by atoms with Crippen molar-refractivity contribution >= 4 is 29.1 Å². The van der Waals surface area contributed by atoms with Gasteiger partial charge in [0, 0.05) is 25.2 Å². The summed E-state index contributed by atoms with van der Waals surface area (Å²) in [6.07, 6.45) is 3.51. The van der Waals surface area contributed by atoms with Crippen molar-refractivity contribution in [3.63, 3.8) is 0 Å². The number of carbonyl (C=O) groups excluding carboxylic acids is 1. The summed E-state index contributed by atoms with van der Waals surface area (Å²) in [5.41, 5.74) is 6.44. The Balaban J connectivity index is 1.60. The Hall–Kier alpha value is -2.34. The van der Waals surface area contributed by atoms with Crippen LogP contribution < -0.4 is 16.0 Å². The Labute approximate surface area is 146 Å². The van der Waals surface area contributed by atoms with Crippen molar-refractivity contribution in [3.05, 3.63) is 47.2 Å². The van der Waals surface area contributed by atoms with Crippen molar-refractivity contribution in [1.82, 2.24) is 15.3 Å². The molecule has 0 aliphatic carbocycles. The first kappa shape index (κ1) is 16.5. The van der Waals surface area contributed by atoms with Crippen LogP contribution in [0.5, 0.6) is 0 Å². The molecule has 0 saturated carbocycles. The first-order valence-electron chi connectivity index (χ1n) is 7.99. The predicted octanol–water partition coefficient (Wildman–Crippen LogP) is 2.36. The Kier molecular flexibility index (Phi) is 5.15. The van der Waals surface area contributed by atoms with E-state index in [1.165, 1.54) is 6.33 Å². The van der Waals surface area contributed by atoms with Crippen molar-refractivity contribution in [2.24, 2.45) is 5.92 Å². The van der Waals surface area contributed by atoms with E-state index in [0.717, 1.165) is 25.9 Å². The van der Waals surface area contributed by atoms with E-state index in [4.69, 9.17) is 17.3 Å². The summed E-state index contributed by atoms with van der Waals surface area (Å²) >= 11 is 6.22. The van der Waals surface area contributed by atoms with Crippen LogP contribution in [0, 0.1) is 5.92 Å². The third-order valence-electron chi connectivity index (χ3n) is 4.20. The van der Waals surface area contributed by atoms with Gasteiger partial charge < -0.3 is 16.0 Å². The van der Waals surface area contributed by atoms with E-state index in [-0.39, 0.29) is 5.91 Å². The predicted molar refractivity (Wildman–Crippen MR) is 95.2 cm³/mol. The van der Waals surface area contributed by atoms with E-state index >= 15 is 0 Å². The van der Waals surface area contributed by atoms with Gasteiger partial charge >= 0.3 is 0 Å². The number of amides is 1. The minimum absolute atomic E-state index is 0.0444. The molecule has 1 aromatic carbocycles. The number of nitrogens with one attached hydrogen (secondary N) is 1. The monoisotopic (exact) mass is 345 g/mol. The SMILES string of the molecule is Nc1ncnc(N2CCCC(CNC(=O)c3ccccc3)C2)c1Cl. The highest BCUT2D eigenvalue weighted by molar-refractivity contribution is 6.35. The second kappa shape index (κ2) is 7.49. The van der Waals surface area contributed by atoms with E-state index < -0.39 is 0 Å². The van der Waals surface area contributed by atoms with Gasteiger partial charge in [0.05, 0.1) is 0 Å². The second-order valence-electron chi connectivity index (χ2n) is 5.93. The molecule has 3 N–H and O–H groups in total. The molecule has 1 fully saturated rings. The van der Waals surface area contributed by atoms with Gasteiger partial charge in [0.2, 0.25) is 0 Å². The number of piperidine rings is 1. The zero-order valence-electron chi connectivity index (χ0n) is 13.3.